The van der Waals surface area contributed by atoms with Crippen molar-refractivity contribution in [3.8, 4) is 11.5 Å². The number of hydrogen-bond acceptors (Lipinski definition) is 6. The second kappa shape index (κ2) is 11.7. The first kappa shape index (κ1) is 25.3. The summed E-state index contributed by atoms with van der Waals surface area (Å²) in [4.78, 5) is 27.3. The van der Waals surface area contributed by atoms with Crippen molar-refractivity contribution in [1.82, 2.24) is 10.2 Å². The number of carbonyl (C=O) groups excluding carboxylic acids is 2. The number of ether oxygens (including phenoxy) is 3. The van der Waals surface area contributed by atoms with Gasteiger partial charge in [0.15, 0.2) is 0 Å². The van der Waals surface area contributed by atoms with E-state index >= 15 is 0 Å². The first-order valence-corrected chi connectivity index (χ1v) is 11.3. The molecule has 9 heteroatoms. The highest BCUT2D eigenvalue weighted by Gasteiger charge is 2.25. The van der Waals surface area contributed by atoms with Gasteiger partial charge in [-0.2, -0.15) is 0 Å². The molecule has 0 saturated heterocycles. The van der Waals surface area contributed by atoms with Crippen LogP contribution in [0.4, 0.5) is 16.2 Å². The van der Waals surface area contributed by atoms with Crippen LogP contribution < -0.4 is 25.4 Å². The van der Waals surface area contributed by atoms with Crippen molar-refractivity contribution in [3.05, 3.63) is 48.0 Å². The Hall–Kier alpha value is -3.30. The number of methoxy groups -OCH3 is 2. The van der Waals surface area contributed by atoms with Crippen molar-refractivity contribution >= 4 is 23.3 Å². The van der Waals surface area contributed by atoms with Crippen molar-refractivity contribution < 1.29 is 23.8 Å². The fourth-order valence-electron chi connectivity index (χ4n) is 3.70. The van der Waals surface area contributed by atoms with Crippen LogP contribution in [-0.4, -0.2) is 69.9 Å². The van der Waals surface area contributed by atoms with Gasteiger partial charge < -0.3 is 35.1 Å². The van der Waals surface area contributed by atoms with Gasteiger partial charge in [-0.05, 0) is 49.2 Å². The molecule has 0 saturated carbocycles. The van der Waals surface area contributed by atoms with Crippen LogP contribution in [-0.2, 0) is 4.74 Å². The molecule has 3 rings (SSSR count). The van der Waals surface area contributed by atoms with Gasteiger partial charge in [0, 0.05) is 50.7 Å². The first-order valence-electron chi connectivity index (χ1n) is 11.3. The topological polar surface area (TPSA) is 101 Å². The zero-order chi connectivity index (χ0) is 24.7. The number of fused-ring (bicyclic) bond motifs is 1. The number of carbonyl (C=O) groups is 2. The normalized spacial score (nSPS) is 21.4. The Kier molecular flexibility index (Phi) is 8.72. The molecule has 9 nitrogen and oxygen atoms in total. The summed E-state index contributed by atoms with van der Waals surface area (Å²) in [6.07, 6.45) is -0.0972. The Morgan fingerprint density at radius 2 is 1.76 bits per heavy atom. The maximum atomic E-state index is 13.2. The number of hydrogen-bond donors (Lipinski definition) is 3. The highest BCUT2D eigenvalue weighted by molar-refractivity contribution is 6.01. The summed E-state index contributed by atoms with van der Waals surface area (Å²) in [6, 6.07) is 11.7. The van der Waals surface area contributed by atoms with Gasteiger partial charge in [-0.25, -0.2) is 4.79 Å². The second-order valence-corrected chi connectivity index (χ2v) is 8.58. The average molecular weight is 471 g/mol. The highest BCUT2D eigenvalue weighted by atomic mass is 16.5. The molecule has 3 atom stereocenters. The molecule has 2 aromatic carbocycles. The molecule has 1 aliphatic rings. The van der Waals surface area contributed by atoms with Crippen LogP contribution in [0.25, 0.3) is 0 Å². The fraction of sp³-hybridized carbons (Fsp3) is 0.440. The Balaban J connectivity index is 1.78. The molecule has 1 aliphatic heterocycles. The quantitative estimate of drug-likeness (QED) is 0.633. The third-order valence-corrected chi connectivity index (χ3v) is 5.83. The van der Waals surface area contributed by atoms with Crippen LogP contribution in [0.2, 0.25) is 0 Å². The van der Waals surface area contributed by atoms with Crippen molar-refractivity contribution in [2.24, 2.45) is 5.92 Å². The number of benzene rings is 2. The maximum absolute atomic E-state index is 13.2. The van der Waals surface area contributed by atoms with E-state index < -0.39 is 6.03 Å². The van der Waals surface area contributed by atoms with Crippen molar-refractivity contribution in [2.45, 2.75) is 26.0 Å². The molecule has 3 amide bonds. The average Bonchev–Trinajstić information content (AvgIpc) is 2.83. The monoisotopic (exact) mass is 470 g/mol. The lowest BCUT2D eigenvalue weighted by molar-refractivity contribution is 0.0281. The highest BCUT2D eigenvalue weighted by Crippen LogP contribution is 2.26. The van der Waals surface area contributed by atoms with E-state index in [4.69, 9.17) is 14.2 Å². The second-order valence-electron chi connectivity index (χ2n) is 8.58. The molecule has 2 aromatic rings. The maximum Gasteiger partial charge on any atom is 0.323 e. The van der Waals surface area contributed by atoms with E-state index in [1.165, 1.54) is 0 Å². The molecule has 0 unspecified atom stereocenters. The van der Waals surface area contributed by atoms with E-state index in [2.05, 4.69) is 22.9 Å². The first-order chi connectivity index (χ1) is 16.3. The van der Waals surface area contributed by atoms with E-state index in [0.717, 1.165) is 6.54 Å². The summed E-state index contributed by atoms with van der Waals surface area (Å²) in [7, 11) is 5.00. The molecule has 0 aliphatic carbocycles. The van der Waals surface area contributed by atoms with Gasteiger partial charge in [0.05, 0.1) is 18.8 Å². The molecule has 184 valence electrons. The standard InChI is InChI=1S/C25H34N4O5/c1-16-13-26-17(2)15-34-22-12-19(8-11-21(22)24(30)29(3)14-23(16)33-5)28-25(31)27-18-6-9-20(32-4)10-7-18/h6-12,16-17,23,26H,13-15H2,1-5H3,(H2,27,28,31)/t16-,17+,23+/m1/s1. The van der Waals surface area contributed by atoms with Crippen LogP contribution in [0.1, 0.15) is 24.2 Å². The van der Waals surface area contributed by atoms with Crippen molar-refractivity contribution in [1.29, 1.82) is 0 Å². The fourth-order valence-corrected chi connectivity index (χ4v) is 3.70. The third kappa shape index (κ3) is 6.61. The van der Waals surface area contributed by atoms with Gasteiger partial charge in [0.2, 0.25) is 0 Å². The molecule has 3 N–H and O–H groups in total. The largest absolute Gasteiger partial charge is 0.497 e. The van der Waals surface area contributed by atoms with Crippen LogP contribution in [0.5, 0.6) is 11.5 Å². The van der Waals surface area contributed by atoms with Crippen LogP contribution in [0.3, 0.4) is 0 Å². The number of likely N-dealkylation sites (N-methyl/N-ethyl adjacent to an activating group) is 1. The van der Waals surface area contributed by atoms with Gasteiger partial charge in [-0.3, -0.25) is 4.79 Å². The SMILES string of the molecule is COc1ccc(NC(=O)Nc2ccc3c(c2)OC[C@H](C)NC[C@@H](C)[C@@H](OC)CN(C)C3=O)cc1. The van der Waals surface area contributed by atoms with Gasteiger partial charge in [-0.1, -0.05) is 6.92 Å². The Bertz CT molecular complexity index is 982. The number of nitrogens with zero attached hydrogens (tertiary/aromatic N) is 1. The molecule has 0 bridgehead atoms. The van der Waals surface area contributed by atoms with Gasteiger partial charge in [-0.15, -0.1) is 0 Å². The minimum atomic E-state index is -0.409. The van der Waals surface area contributed by atoms with E-state index in [0.29, 0.717) is 41.6 Å². The lowest BCUT2D eigenvalue weighted by Crippen LogP contribution is -2.44. The summed E-state index contributed by atoms with van der Waals surface area (Å²) in [6.45, 7) is 5.69. The van der Waals surface area contributed by atoms with Crippen LogP contribution >= 0.6 is 0 Å². The molecular weight excluding hydrogens is 436 g/mol. The minimum absolute atomic E-state index is 0.0649. The molecule has 1 heterocycles. The summed E-state index contributed by atoms with van der Waals surface area (Å²) in [5, 5.41) is 9.02. The molecule has 0 radical (unpaired) electrons. The van der Waals surface area contributed by atoms with E-state index in [-0.39, 0.29) is 24.0 Å². The van der Waals surface area contributed by atoms with E-state index in [9.17, 15) is 9.59 Å². The predicted octanol–water partition coefficient (Wildman–Crippen LogP) is 3.43. The number of amides is 3. The summed E-state index contributed by atoms with van der Waals surface area (Å²) in [5.74, 6) is 1.17. The van der Waals surface area contributed by atoms with E-state index in [1.54, 1.807) is 68.6 Å². The van der Waals surface area contributed by atoms with E-state index in [1.807, 2.05) is 6.92 Å². The molecule has 0 spiro atoms. The Morgan fingerprint density at radius 3 is 2.44 bits per heavy atom. The molecular formula is C25H34N4O5. The zero-order valence-electron chi connectivity index (χ0n) is 20.4. The van der Waals surface area contributed by atoms with Crippen molar-refractivity contribution in [3.63, 3.8) is 0 Å². The minimum Gasteiger partial charge on any atom is -0.497 e. The smallest absolute Gasteiger partial charge is 0.323 e. The Morgan fingerprint density at radius 1 is 1.09 bits per heavy atom. The van der Waals surface area contributed by atoms with Crippen molar-refractivity contribution in [2.75, 3.05) is 51.6 Å². The zero-order valence-corrected chi connectivity index (χ0v) is 20.4. The third-order valence-electron chi connectivity index (χ3n) is 5.83. The summed E-state index contributed by atoms with van der Waals surface area (Å²) >= 11 is 0. The van der Waals surface area contributed by atoms with Gasteiger partial charge in [0.25, 0.3) is 5.91 Å². The number of nitrogens with one attached hydrogen (secondary N) is 3. The number of urea groups is 1. The van der Waals surface area contributed by atoms with Crippen LogP contribution in [0.15, 0.2) is 42.5 Å². The molecule has 0 fully saturated rings. The lowest BCUT2D eigenvalue weighted by atomic mass is 10.0. The lowest BCUT2D eigenvalue weighted by Gasteiger charge is -2.30. The number of rotatable bonds is 4. The predicted molar refractivity (Wildman–Crippen MR) is 132 cm³/mol. The van der Waals surface area contributed by atoms with Gasteiger partial charge in [0.1, 0.15) is 18.1 Å². The number of anilines is 2. The summed E-state index contributed by atoms with van der Waals surface area (Å²) < 4.78 is 16.8. The Labute approximate surface area is 200 Å². The molecule has 34 heavy (non-hydrogen) atoms. The van der Waals surface area contributed by atoms with Gasteiger partial charge >= 0.3 is 6.03 Å². The summed E-state index contributed by atoms with van der Waals surface area (Å²) in [5.41, 5.74) is 1.56. The molecule has 0 aromatic heterocycles. The van der Waals surface area contributed by atoms with Crippen LogP contribution in [0, 0.1) is 5.92 Å².